The summed E-state index contributed by atoms with van der Waals surface area (Å²) in [6, 6.07) is 19.3. The highest BCUT2D eigenvalue weighted by Gasteiger charge is 2.34. The molecule has 0 heterocycles. The van der Waals surface area contributed by atoms with Gasteiger partial charge in [-0.05, 0) is 76.6 Å². The Morgan fingerprint density at radius 2 is 1.63 bits per heavy atom. The molecule has 1 N–H and O–H groups in total. The number of hydrogen-bond acceptors (Lipinski definition) is 6. The number of carbonyl (C=O) groups is 2. The Kier molecular flexibility index (Phi) is 10.8. The molecular weight excluding hydrogens is 542 g/mol. The largest absolute Gasteiger partial charge is 0.497 e. The van der Waals surface area contributed by atoms with Gasteiger partial charge in [0.1, 0.15) is 24.1 Å². The number of hydrogen-bond donors (Lipinski definition) is 1. The van der Waals surface area contributed by atoms with E-state index in [4.69, 9.17) is 9.47 Å². The second kappa shape index (κ2) is 14.0. The second-order valence-corrected chi connectivity index (χ2v) is 11.8. The molecule has 9 nitrogen and oxygen atoms in total. The molecule has 41 heavy (non-hydrogen) atoms. The fraction of sp³-hybridized carbons (Fsp3) is 0.355. The van der Waals surface area contributed by atoms with Crippen molar-refractivity contribution in [2.45, 2.75) is 58.1 Å². The van der Waals surface area contributed by atoms with Gasteiger partial charge >= 0.3 is 0 Å². The molecule has 0 aliphatic heterocycles. The van der Waals surface area contributed by atoms with Crippen molar-refractivity contribution in [1.82, 2.24) is 10.2 Å². The Balaban J connectivity index is 2.09. The van der Waals surface area contributed by atoms with Crippen molar-refractivity contribution in [3.63, 3.8) is 0 Å². The van der Waals surface area contributed by atoms with E-state index < -0.39 is 28.5 Å². The van der Waals surface area contributed by atoms with E-state index in [9.17, 15) is 18.0 Å². The van der Waals surface area contributed by atoms with Gasteiger partial charge in [-0.3, -0.25) is 13.9 Å². The number of aryl methyl sites for hydroxylation is 1. The number of nitrogens with zero attached hydrogens (tertiary/aromatic N) is 2. The highest BCUT2D eigenvalue weighted by atomic mass is 32.2. The van der Waals surface area contributed by atoms with Gasteiger partial charge in [0.15, 0.2) is 0 Å². The number of sulfonamides is 1. The van der Waals surface area contributed by atoms with E-state index in [1.807, 2.05) is 26.8 Å². The smallest absolute Gasteiger partial charge is 0.264 e. The molecule has 3 rings (SSSR count). The van der Waals surface area contributed by atoms with E-state index in [1.54, 1.807) is 75.6 Å². The molecule has 0 aliphatic carbocycles. The summed E-state index contributed by atoms with van der Waals surface area (Å²) in [6.45, 7) is 8.77. The van der Waals surface area contributed by atoms with Crippen molar-refractivity contribution in [2.24, 2.45) is 0 Å². The van der Waals surface area contributed by atoms with E-state index in [2.05, 4.69) is 5.32 Å². The first-order valence-electron chi connectivity index (χ1n) is 13.5. The van der Waals surface area contributed by atoms with Crippen molar-refractivity contribution < 1.29 is 27.5 Å². The molecule has 0 aromatic heterocycles. The number of para-hydroxylation sites is 2. The molecule has 0 saturated heterocycles. The number of ether oxygens (including phenoxy) is 2. The molecule has 0 fully saturated rings. The first-order valence-corrected chi connectivity index (χ1v) is 15.0. The van der Waals surface area contributed by atoms with Gasteiger partial charge < -0.3 is 19.7 Å². The molecule has 0 spiro atoms. The molecule has 220 valence electrons. The van der Waals surface area contributed by atoms with Gasteiger partial charge in [0.25, 0.3) is 10.0 Å². The number of benzene rings is 3. The van der Waals surface area contributed by atoms with Crippen LogP contribution in [0.2, 0.25) is 0 Å². The van der Waals surface area contributed by atoms with Crippen LogP contribution in [0.1, 0.15) is 38.8 Å². The number of carbonyl (C=O) groups excluding carboxylic acids is 2. The van der Waals surface area contributed by atoms with Gasteiger partial charge in [-0.1, -0.05) is 42.0 Å². The monoisotopic (exact) mass is 581 g/mol. The van der Waals surface area contributed by atoms with E-state index in [0.29, 0.717) is 18.1 Å². The van der Waals surface area contributed by atoms with E-state index >= 15 is 0 Å². The second-order valence-electron chi connectivity index (χ2n) is 9.94. The van der Waals surface area contributed by atoms with Crippen molar-refractivity contribution in [2.75, 3.05) is 24.6 Å². The molecule has 1 atom stereocenters. The minimum atomic E-state index is -4.20. The number of nitrogens with one attached hydrogen (secondary N) is 1. The third kappa shape index (κ3) is 8.00. The van der Waals surface area contributed by atoms with Crippen molar-refractivity contribution in [1.29, 1.82) is 0 Å². The van der Waals surface area contributed by atoms with Crippen LogP contribution in [0.3, 0.4) is 0 Å². The topological polar surface area (TPSA) is 105 Å². The van der Waals surface area contributed by atoms with Crippen LogP contribution in [0.5, 0.6) is 11.5 Å². The predicted molar refractivity (Wildman–Crippen MR) is 160 cm³/mol. The number of anilines is 1. The van der Waals surface area contributed by atoms with Gasteiger partial charge in [0.05, 0.1) is 24.3 Å². The lowest BCUT2D eigenvalue weighted by atomic mass is 10.1. The third-order valence-corrected chi connectivity index (χ3v) is 8.18. The van der Waals surface area contributed by atoms with Gasteiger partial charge in [-0.25, -0.2) is 8.42 Å². The van der Waals surface area contributed by atoms with Crippen LogP contribution in [0.25, 0.3) is 0 Å². The standard InChI is InChI=1S/C31H39N3O6S/c1-7-40-29-14-9-8-13-28(29)34(41(37,38)27-17-15-23(4)16-18-27)21-30(35)33(24(5)31(36)32-22(2)3)20-25-11-10-12-26(19-25)39-6/h8-19,22,24H,7,20-21H2,1-6H3,(H,32,36)/t24-/m0/s1. The summed E-state index contributed by atoms with van der Waals surface area (Å²) in [4.78, 5) is 28.6. The zero-order valence-electron chi connectivity index (χ0n) is 24.5. The molecule has 3 aromatic rings. The van der Waals surface area contributed by atoms with Crippen molar-refractivity contribution in [3.05, 3.63) is 83.9 Å². The minimum absolute atomic E-state index is 0.0344. The van der Waals surface area contributed by atoms with E-state index in [0.717, 1.165) is 15.4 Å². The van der Waals surface area contributed by atoms with Crippen molar-refractivity contribution in [3.8, 4) is 11.5 Å². The van der Waals surface area contributed by atoms with Gasteiger partial charge in [-0.15, -0.1) is 0 Å². The van der Waals surface area contributed by atoms with Crippen LogP contribution in [0.4, 0.5) is 5.69 Å². The average molecular weight is 582 g/mol. The highest BCUT2D eigenvalue weighted by Crippen LogP contribution is 2.33. The maximum Gasteiger partial charge on any atom is 0.264 e. The van der Waals surface area contributed by atoms with Crippen molar-refractivity contribution >= 4 is 27.5 Å². The van der Waals surface area contributed by atoms with E-state index in [-0.39, 0.29) is 29.1 Å². The van der Waals surface area contributed by atoms with Crippen LogP contribution in [-0.2, 0) is 26.2 Å². The molecule has 0 radical (unpaired) electrons. The zero-order valence-corrected chi connectivity index (χ0v) is 25.3. The van der Waals surface area contributed by atoms with Crippen LogP contribution in [0.15, 0.2) is 77.7 Å². The first kappa shape index (κ1) is 31.5. The number of rotatable bonds is 13. The Bertz CT molecular complexity index is 1440. The summed E-state index contributed by atoms with van der Waals surface area (Å²) < 4.78 is 40.2. The summed E-state index contributed by atoms with van der Waals surface area (Å²) in [5, 5.41) is 2.85. The molecule has 0 aliphatic rings. The summed E-state index contributed by atoms with van der Waals surface area (Å²) in [6.07, 6.45) is 0. The lowest BCUT2D eigenvalue weighted by molar-refractivity contribution is -0.139. The zero-order chi connectivity index (χ0) is 30.2. The molecule has 10 heteroatoms. The van der Waals surface area contributed by atoms with Gasteiger partial charge in [-0.2, -0.15) is 0 Å². The maximum absolute atomic E-state index is 14.1. The number of amides is 2. The highest BCUT2D eigenvalue weighted by molar-refractivity contribution is 7.92. The van der Waals surface area contributed by atoms with Gasteiger partial charge in [0.2, 0.25) is 11.8 Å². The Hall–Kier alpha value is -4.05. The summed E-state index contributed by atoms with van der Waals surface area (Å²) in [5.74, 6) is 0.0203. The third-order valence-electron chi connectivity index (χ3n) is 6.41. The Morgan fingerprint density at radius 3 is 2.27 bits per heavy atom. The van der Waals surface area contributed by atoms with Crippen LogP contribution in [-0.4, -0.2) is 57.5 Å². The van der Waals surface area contributed by atoms with Crippen LogP contribution in [0, 0.1) is 6.92 Å². The molecular formula is C31H39N3O6S. The normalized spacial score (nSPS) is 12.0. The van der Waals surface area contributed by atoms with E-state index in [1.165, 1.54) is 17.0 Å². The summed E-state index contributed by atoms with van der Waals surface area (Å²) >= 11 is 0. The molecule has 2 amide bonds. The Labute approximate surface area is 243 Å². The molecule has 0 saturated carbocycles. The lowest BCUT2D eigenvalue weighted by Crippen LogP contribution is -2.52. The number of methoxy groups -OCH3 is 1. The lowest BCUT2D eigenvalue weighted by Gasteiger charge is -2.32. The average Bonchev–Trinajstić information content (AvgIpc) is 2.94. The van der Waals surface area contributed by atoms with Crippen LogP contribution >= 0.6 is 0 Å². The maximum atomic E-state index is 14.1. The molecule has 0 bridgehead atoms. The minimum Gasteiger partial charge on any atom is -0.497 e. The fourth-order valence-corrected chi connectivity index (χ4v) is 5.67. The first-order chi connectivity index (χ1) is 19.5. The predicted octanol–water partition coefficient (Wildman–Crippen LogP) is 4.54. The SMILES string of the molecule is CCOc1ccccc1N(CC(=O)N(Cc1cccc(OC)c1)[C@@H](C)C(=O)NC(C)C)S(=O)(=O)c1ccc(C)cc1. The fourth-order valence-electron chi connectivity index (χ4n) is 4.25. The molecule has 3 aromatic carbocycles. The quantitative estimate of drug-likeness (QED) is 0.318. The van der Waals surface area contributed by atoms with Gasteiger partial charge in [0, 0.05) is 12.6 Å². The summed E-state index contributed by atoms with van der Waals surface area (Å²) in [7, 11) is -2.66. The van der Waals surface area contributed by atoms with Crippen LogP contribution < -0.4 is 19.1 Å². The molecule has 0 unspecified atom stereocenters. The summed E-state index contributed by atoms with van der Waals surface area (Å²) in [5.41, 5.74) is 1.85. The Morgan fingerprint density at radius 1 is 0.951 bits per heavy atom.